The van der Waals surface area contributed by atoms with Gasteiger partial charge < -0.3 is 5.32 Å². The molecule has 0 saturated carbocycles. The minimum Gasteiger partial charge on any atom is -0.320 e. The average molecular weight is 402 g/mol. The number of hydrogen-bond acceptors (Lipinski definition) is 4. The van der Waals surface area contributed by atoms with Crippen molar-refractivity contribution in [1.29, 1.82) is 0 Å². The molecule has 0 aliphatic heterocycles. The lowest BCUT2D eigenvalue weighted by Gasteiger charge is -2.10. The van der Waals surface area contributed by atoms with Crippen LogP contribution in [0, 0.1) is 19.7 Å². The van der Waals surface area contributed by atoms with Gasteiger partial charge in [0.05, 0.1) is 11.2 Å². The van der Waals surface area contributed by atoms with Gasteiger partial charge in [0.1, 0.15) is 5.82 Å². The predicted molar refractivity (Wildman–Crippen MR) is 107 cm³/mol. The van der Waals surface area contributed by atoms with E-state index in [1.54, 1.807) is 12.1 Å². The normalized spacial score (nSPS) is 10.7. The highest BCUT2D eigenvalue weighted by atomic mass is 35.5. The first-order valence-electron chi connectivity index (χ1n) is 8.21. The maximum Gasteiger partial charge on any atom is 0.275 e. The van der Waals surface area contributed by atoms with Crippen molar-refractivity contribution in [3.05, 3.63) is 81.9 Å². The Morgan fingerprint density at radius 1 is 1.19 bits per heavy atom. The summed E-state index contributed by atoms with van der Waals surface area (Å²) >= 11 is 7.47. The van der Waals surface area contributed by atoms with E-state index in [9.17, 15) is 9.18 Å². The van der Waals surface area contributed by atoms with Gasteiger partial charge in [-0.1, -0.05) is 53.2 Å². The minimum absolute atomic E-state index is 0.119. The molecule has 3 aromatic rings. The van der Waals surface area contributed by atoms with E-state index in [4.69, 9.17) is 11.6 Å². The van der Waals surface area contributed by atoms with Crippen molar-refractivity contribution >= 4 is 35.0 Å². The van der Waals surface area contributed by atoms with Gasteiger partial charge in [-0.2, -0.15) is 0 Å². The Kier molecular flexibility index (Phi) is 6.08. The third-order valence-electron chi connectivity index (χ3n) is 3.85. The topological polar surface area (TPSA) is 54.9 Å². The SMILES string of the molecule is Cc1ccc(NC(=O)c2nc(SCc3ccc(F)cc3)ncc2Cl)c(C)c1. The molecule has 0 aliphatic carbocycles. The van der Waals surface area contributed by atoms with Gasteiger partial charge in [0, 0.05) is 11.4 Å². The number of anilines is 1. The average Bonchev–Trinajstić information content (AvgIpc) is 2.64. The van der Waals surface area contributed by atoms with Crippen LogP contribution in [0.2, 0.25) is 5.02 Å². The summed E-state index contributed by atoms with van der Waals surface area (Å²) in [4.78, 5) is 21.0. The minimum atomic E-state index is -0.391. The van der Waals surface area contributed by atoms with Gasteiger partial charge >= 0.3 is 0 Å². The van der Waals surface area contributed by atoms with Crippen molar-refractivity contribution in [2.24, 2.45) is 0 Å². The molecule has 27 heavy (non-hydrogen) atoms. The maximum absolute atomic E-state index is 13.0. The van der Waals surface area contributed by atoms with Crippen LogP contribution in [0.25, 0.3) is 0 Å². The van der Waals surface area contributed by atoms with E-state index in [-0.39, 0.29) is 16.5 Å². The fourth-order valence-corrected chi connectivity index (χ4v) is 3.39. The molecule has 3 rings (SSSR count). The van der Waals surface area contributed by atoms with Gasteiger partial charge in [0.2, 0.25) is 0 Å². The number of aryl methyl sites for hydroxylation is 2. The number of carbonyl (C=O) groups excluding carboxylic acids is 1. The summed E-state index contributed by atoms with van der Waals surface area (Å²) in [6.07, 6.45) is 1.42. The van der Waals surface area contributed by atoms with E-state index in [1.807, 2.05) is 32.0 Å². The van der Waals surface area contributed by atoms with Crippen molar-refractivity contribution in [3.63, 3.8) is 0 Å². The predicted octanol–water partition coefficient (Wildman–Crippen LogP) is 5.43. The molecule has 4 nitrogen and oxygen atoms in total. The summed E-state index contributed by atoms with van der Waals surface area (Å²) in [5, 5.41) is 3.45. The van der Waals surface area contributed by atoms with E-state index in [0.29, 0.717) is 16.6 Å². The summed E-state index contributed by atoms with van der Waals surface area (Å²) < 4.78 is 13.0. The number of nitrogens with one attached hydrogen (secondary N) is 1. The molecule has 2 aromatic carbocycles. The summed E-state index contributed by atoms with van der Waals surface area (Å²) in [6, 6.07) is 12.0. The molecule has 0 aliphatic rings. The molecule has 1 amide bonds. The summed E-state index contributed by atoms with van der Waals surface area (Å²) in [6.45, 7) is 3.92. The van der Waals surface area contributed by atoms with Crippen LogP contribution >= 0.6 is 23.4 Å². The Hall–Kier alpha value is -2.44. The number of amides is 1. The number of aromatic nitrogens is 2. The van der Waals surface area contributed by atoms with Crippen molar-refractivity contribution in [2.75, 3.05) is 5.32 Å². The molecule has 138 valence electrons. The van der Waals surface area contributed by atoms with Crippen LogP contribution in [0.4, 0.5) is 10.1 Å². The van der Waals surface area contributed by atoms with Crippen LogP contribution in [-0.4, -0.2) is 15.9 Å². The third-order valence-corrected chi connectivity index (χ3v) is 5.06. The highest BCUT2D eigenvalue weighted by Gasteiger charge is 2.15. The second-order valence-electron chi connectivity index (χ2n) is 6.04. The molecular weight excluding hydrogens is 385 g/mol. The molecule has 7 heteroatoms. The number of benzene rings is 2. The molecule has 0 atom stereocenters. The van der Waals surface area contributed by atoms with Gasteiger partial charge in [-0.05, 0) is 43.2 Å². The first-order chi connectivity index (χ1) is 12.9. The molecule has 0 spiro atoms. The van der Waals surface area contributed by atoms with E-state index in [2.05, 4.69) is 15.3 Å². The fourth-order valence-electron chi connectivity index (χ4n) is 2.44. The molecule has 0 unspecified atom stereocenters. The van der Waals surface area contributed by atoms with Crippen LogP contribution in [0.1, 0.15) is 27.2 Å². The zero-order valence-corrected chi connectivity index (χ0v) is 16.4. The molecule has 1 heterocycles. The van der Waals surface area contributed by atoms with E-state index >= 15 is 0 Å². The number of nitrogens with zero attached hydrogens (tertiary/aromatic N) is 2. The number of rotatable bonds is 5. The van der Waals surface area contributed by atoms with Crippen LogP contribution in [-0.2, 0) is 5.75 Å². The monoisotopic (exact) mass is 401 g/mol. The second kappa shape index (κ2) is 8.50. The highest BCUT2D eigenvalue weighted by Crippen LogP contribution is 2.23. The number of carbonyl (C=O) groups is 1. The van der Waals surface area contributed by atoms with Gasteiger partial charge in [-0.15, -0.1) is 0 Å². The number of halogens is 2. The van der Waals surface area contributed by atoms with Crippen molar-refractivity contribution < 1.29 is 9.18 Å². The van der Waals surface area contributed by atoms with Crippen LogP contribution in [0.15, 0.2) is 53.8 Å². The Morgan fingerprint density at radius 3 is 2.63 bits per heavy atom. The second-order valence-corrected chi connectivity index (χ2v) is 7.39. The quantitative estimate of drug-likeness (QED) is 0.457. The number of hydrogen-bond donors (Lipinski definition) is 1. The standard InChI is InChI=1S/C20H17ClFN3OS/c1-12-3-8-17(13(2)9-12)24-19(26)18-16(21)10-23-20(25-18)27-11-14-4-6-15(22)7-5-14/h3-10H,11H2,1-2H3,(H,24,26). The van der Waals surface area contributed by atoms with Gasteiger partial charge in [-0.25, -0.2) is 14.4 Å². The molecule has 0 fully saturated rings. The zero-order valence-electron chi connectivity index (χ0n) is 14.8. The Balaban J connectivity index is 1.74. The maximum atomic E-state index is 13.0. The Bertz CT molecular complexity index is 979. The zero-order chi connectivity index (χ0) is 19.4. The molecule has 0 bridgehead atoms. The first-order valence-corrected chi connectivity index (χ1v) is 9.57. The van der Waals surface area contributed by atoms with E-state index in [1.165, 1.54) is 30.1 Å². The lowest BCUT2D eigenvalue weighted by molar-refractivity contribution is 0.102. The first kappa shape index (κ1) is 19.3. The summed E-state index contributed by atoms with van der Waals surface area (Å²) in [5.41, 5.74) is 3.83. The Morgan fingerprint density at radius 2 is 1.93 bits per heavy atom. The van der Waals surface area contributed by atoms with Crippen LogP contribution < -0.4 is 5.32 Å². The lowest BCUT2D eigenvalue weighted by Crippen LogP contribution is -2.16. The fraction of sp³-hybridized carbons (Fsp3) is 0.150. The molecule has 1 aromatic heterocycles. The van der Waals surface area contributed by atoms with Crippen molar-refractivity contribution in [2.45, 2.75) is 24.8 Å². The van der Waals surface area contributed by atoms with Crippen LogP contribution in [0.3, 0.4) is 0 Å². The summed E-state index contributed by atoms with van der Waals surface area (Å²) in [5.74, 6) is -0.116. The van der Waals surface area contributed by atoms with Crippen LogP contribution in [0.5, 0.6) is 0 Å². The molecule has 1 N–H and O–H groups in total. The smallest absolute Gasteiger partial charge is 0.275 e. The molecule has 0 saturated heterocycles. The number of thioether (sulfide) groups is 1. The van der Waals surface area contributed by atoms with Gasteiger partial charge in [-0.3, -0.25) is 4.79 Å². The molecular formula is C20H17ClFN3OS. The third kappa shape index (κ3) is 5.05. The largest absolute Gasteiger partial charge is 0.320 e. The van der Waals surface area contributed by atoms with Gasteiger partial charge in [0.15, 0.2) is 10.9 Å². The van der Waals surface area contributed by atoms with E-state index < -0.39 is 5.91 Å². The highest BCUT2D eigenvalue weighted by molar-refractivity contribution is 7.98. The Labute approximate surface area is 166 Å². The van der Waals surface area contributed by atoms with Gasteiger partial charge in [0.25, 0.3) is 5.91 Å². The van der Waals surface area contributed by atoms with E-state index in [0.717, 1.165) is 16.7 Å². The lowest BCUT2D eigenvalue weighted by atomic mass is 10.1. The molecule has 0 radical (unpaired) electrons. The summed E-state index contributed by atoms with van der Waals surface area (Å²) in [7, 11) is 0. The van der Waals surface area contributed by atoms with Crippen molar-refractivity contribution in [1.82, 2.24) is 9.97 Å². The van der Waals surface area contributed by atoms with Crippen molar-refractivity contribution in [3.8, 4) is 0 Å².